The van der Waals surface area contributed by atoms with Crippen molar-refractivity contribution in [3.8, 4) is 6.07 Å². The quantitative estimate of drug-likeness (QED) is 0.616. The molecule has 4 nitrogen and oxygen atoms in total. The van der Waals surface area contributed by atoms with Crippen LogP contribution in [0.25, 0.3) is 0 Å². The second kappa shape index (κ2) is 5.25. The summed E-state index contributed by atoms with van der Waals surface area (Å²) in [4.78, 5) is 12.2. The summed E-state index contributed by atoms with van der Waals surface area (Å²) >= 11 is 0. The maximum atomic E-state index is 12.2. The molecule has 0 unspecified atom stereocenters. The lowest BCUT2D eigenvalue weighted by atomic mass is 9.76. The van der Waals surface area contributed by atoms with Gasteiger partial charge in [0.25, 0.3) is 0 Å². The molecule has 98 valence electrons. The summed E-state index contributed by atoms with van der Waals surface area (Å²) < 4.78 is 10.6. The second-order valence-corrected chi connectivity index (χ2v) is 4.35. The smallest absolute Gasteiger partial charge is 0.333 e. The predicted octanol–water partition coefficient (Wildman–Crippen LogP) is 2.39. The number of hydrogen-bond acceptors (Lipinski definition) is 4. The van der Waals surface area contributed by atoms with E-state index in [1.165, 1.54) is 0 Å². The Morgan fingerprint density at radius 3 is 2.84 bits per heavy atom. The molecule has 0 saturated carbocycles. The highest BCUT2D eigenvalue weighted by Crippen LogP contribution is 2.48. The minimum absolute atomic E-state index is 0.186. The Bertz CT molecular complexity index is 532. The van der Waals surface area contributed by atoms with Crippen molar-refractivity contribution in [3.05, 3.63) is 48.0 Å². The van der Waals surface area contributed by atoms with Gasteiger partial charge in [0, 0.05) is 0 Å². The predicted molar refractivity (Wildman–Crippen MR) is 69.0 cm³/mol. The van der Waals surface area contributed by atoms with E-state index in [0.717, 1.165) is 5.56 Å². The van der Waals surface area contributed by atoms with Crippen LogP contribution in [0.2, 0.25) is 0 Å². The third-order valence-electron chi connectivity index (χ3n) is 3.25. The molecule has 19 heavy (non-hydrogen) atoms. The number of carbonyl (C=O) groups is 1. The summed E-state index contributed by atoms with van der Waals surface area (Å²) in [7, 11) is 0. The molecule has 4 heteroatoms. The highest BCUT2D eigenvalue weighted by Gasteiger charge is 2.55. The average Bonchev–Trinajstić information content (AvgIpc) is 2.78. The number of carbonyl (C=O) groups excluding carboxylic acids is 1. The van der Waals surface area contributed by atoms with E-state index in [1.807, 2.05) is 30.3 Å². The van der Waals surface area contributed by atoms with Crippen LogP contribution in [-0.4, -0.2) is 19.2 Å². The van der Waals surface area contributed by atoms with Crippen LogP contribution in [0.4, 0.5) is 0 Å². The summed E-state index contributed by atoms with van der Waals surface area (Å²) in [6, 6.07) is 11.3. The topological polar surface area (TPSA) is 59.3 Å². The van der Waals surface area contributed by atoms with Gasteiger partial charge in [-0.1, -0.05) is 36.9 Å². The first-order valence-electron chi connectivity index (χ1n) is 6.10. The first-order valence-corrected chi connectivity index (χ1v) is 6.10. The van der Waals surface area contributed by atoms with Crippen LogP contribution in [0.5, 0.6) is 0 Å². The molecule has 2 atom stereocenters. The first-order chi connectivity index (χ1) is 9.16. The third-order valence-corrected chi connectivity index (χ3v) is 3.25. The van der Waals surface area contributed by atoms with E-state index in [2.05, 4.69) is 12.6 Å². The maximum Gasteiger partial charge on any atom is 0.333 e. The standard InChI is InChI=1S/C15H15NO3/c1-3-18-14(17)15(10-16)11(2)9-19-13(15)12-7-5-4-6-8-12/h4-8,13H,2-3,9H2,1H3/t13-,15+/m0/s1. The van der Waals surface area contributed by atoms with Crippen LogP contribution < -0.4 is 0 Å². The summed E-state index contributed by atoms with van der Waals surface area (Å²) in [5.41, 5.74) is -0.227. The molecule has 1 aromatic carbocycles. The van der Waals surface area contributed by atoms with Crippen molar-refractivity contribution in [3.63, 3.8) is 0 Å². The Morgan fingerprint density at radius 2 is 2.26 bits per heavy atom. The molecular formula is C15H15NO3. The summed E-state index contributed by atoms with van der Waals surface area (Å²) in [5.74, 6) is -0.589. The fourth-order valence-electron chi connectivity index (χ4n) is 2.26. The minimum Gasteiger partial charge on any atom is -0.464 e. The van der Waals surface area contributed by atoms with Crippen LogP contribution in [0, 0.1) is 16.7 Å². The van der Waals surface area contributed by atoms with E-state index < -0.39 is 17.5 Å². The second-order valence-electron chi connectivity index (χ2n) is 4.35. The molecular weight excluding hydrogens is 242 g/mol. The van der Waals surface area contributed by atoms with Crippen molar-refractivity contribution in [1.29, 1.82) is 5.26 Å². The molecule has 0 amide bonds. The lowest BCUT2D eigenvalue weighted by molar-refractivity contribution is -0.153. The van der Waals surface area contributed by atoms with Crippen molar-refractivity contribution in [1.82, 2.24) is 0 Å². The molecule has 0 bridgehead atoms. The fraction of sp³-hybridized carbons (Fsp3) is 0.333. The number of nitriles is 1. The molecule has 0 spiro atoms. The maximum absolute atomic E-state index is 12.2. The van der Waals surface area contributed by atoms with Crippen LogP contribution in [-0.2, 0) is 14.3 Å². The number of nitrogens with zero attached hydrogens (tertiary/aromatic N) is 1. The van der Waals surface area contributed by atoms with E-state index in [0.29, 0.717) is 5.57 Å². The normalized spacial score (nSPS) is 25.9. The number of esters is 1. The lowest BCUT2D eigenvalue weighted by Crippen LogP contribution is -2.35. The molecule has 0 aromatic heterocycles. The Kier molecular flexibility index (Phi) is 3.68. The SMILES string of the molecule is C=C1CO[C@@H](c2ccccc2)[C@]1(C#N)C(=O)OCC. The Hall–Kier alpha value is -2.12. The zero-order valence-electron chi connectivity index (χ0n) is 10.8. The molecule has 1 fully saturated rings. The van der Waals surface area contributed by atoms with Crippen molar-refractivity contribution >= 4 is 5.97 Å². The highest BCUT2D eigenvalue weighted by atomic mass is 16.5. The zero-order chi connectivity index (χ0) is 13.9. The first kappa shape index (κ1) is 13.3. The molecule has 0 aliphatic carbocycles. The molecule has 0 radical (unpaired) electrons. The van der Waals surface area contributed by atoms with Gasteiger partial charge in [-0.05, 0) is 18.1 Å². The van der Waals surface area contributed by atoms with Gasteiger partial charge in [-0.3, -0.25) is 0 Å². The third kappa shape index (κ3) is 2.02. The number of rotatable bonds is 3. The molecule has 1 aliphatic heterocycles. The highest BCUT2D eigenvalue weighted by molar-refractivity contribution is 5.85. The van der Waals surface area contributed by atoms with Crippen molar-refractivity contribution < 1.29 is 14.3 Å². The monoisotopic (exact) mass is 257 g/mol. The van der Waals surface area contributed by atoms with E-state index in [1.54, 1.807) is 6.92 Å². The molecule has 1 saturated heterocycles. The van der Waals surface area contributed by atoms with Gasteiger partial charge in [0.1, 0.15) is 6.10 Å². The Balaban J connectivity index is 2.46. The lowest BCUT2D eigenvalue weighted by Gasteiger charge is -2.25. The molecule has 1 heterocycles. The molecule has 1 aromatic rings. The van der Waals surface area contributed by atoms with Gasteiger partial charge in [-0.2, -0.15) is 5.26 Å². The molecule has 0 N–H and O–H groups in total. The van der Waals surface area contributed by atoms with E-state index >= 15 is 0 Å². The van der Waals surface area contributed by atoms with Gasteiger partial charge in [-0.25, -0.2) is 4.79 Å². The van der Waals surface area contributed by atoms with Crippen molar-refractivity contribution in [2.75, 3.05) is 13.2 Å². The molecule has 2 rings (SSSR count). The minimum atomic E-state index is -1.45. The summed E-state index contributed by atoms with van der Waals surface area (Å²) in [6.07, 6.45) is -0.662. The van der Waals surface area contributed by atoms with Gasteiger partial charge in [0.15, 0.2) is 0 Å². The fourth-order valence-corrected chi connectivity index (χ4v) is 2.26. The van der Waals surface area contributed by atoms with Crippen LogP contribution >= 0.6 is 0 Å². The summed E-state index contributed by atoms with van der Waals surface area (Å²) in [6.45, 7) is 5.92. The van der Waals surface area contributed by atoms with Gasteiger partial charge < -0.3 is 9.47 Å². The molecule has 1 aliphatic rings. The van der Waals surface area contributed by atoms with Crippen molar-refractivity contribution in [2.45, 2.75) is 13.0 Å². The number of benzene rings is 1. The number of hydrogen-bond donors (Lipinski definition) is 0. The van der Waals surface area contributed by atoms with Gasteiger partial charge >= 0.3 is 5.97 Å². The zero-order valence-corrected chi connectivity index (χ0v) is 10.8. The van der Waals surface area contributed by atoms with Gasteiger partial charge in [0.2, 0.25) is 5.41 Å². The Morgan fingerprint density at radius 1 is 1.58 bits per heavy atom. The van der Waals surface area contributed by atoms with Gasteiger partial charge in [0.05, 0.1) is 19.3 Å². The average molecular weight is 257 g/mol. The van der Waals surface area contributed by atoms with Crippen LogP contribution in [0.1, 0.15) is 18.6 Å². The Labute approximate surface area is 112 Å². The van der Waals surface area contributed by atoms with Gasteiger partial charge in [-0.15, -0.1) is 0 Å². The van der Waals surface area contributed by atoms with E-state index in [4.69, 9.17) is 9.47 Å². The van der Waals surface area contributed by atoms with Crippen molar-refractivity contribution in [2.24, 2.45) is 5.41 Å². The van der Waals surface area contributed by atoms with E-state index in [9.17, 15) is 10.1 Å². The number of ether oxygens (including phenoxy) is 2. The van der Waals surface area contributed by atoms with E-state index in [-0.39, 0.29) is 13.2 Å². The largest absolute Gasteiger partial charge is 0.464 e. The van der Waals surface area contributed by atoms with Crippen LogP contribution in [0.3, 0.4) is 0 Å². The van der Waals surface area contributed by atoms with Crippen LogP contribution in [0.15, 0.2) is 42.5 Å². The summed E-state index contributed by atoms with van der Waals surface area (Å²) in [5, 5.41) is 9.52.